The van der Waals surface area contributed by atoms with Crippen LogP contribution in [-0.4, -0.2) is 55.9 Å². The van der Waals surface area contributed by atoms with Crippen molar-refractivity contribution < 1.29 is 19.4 Å². The summed E-state index contributed by atoms with van der Waals surface area (Å²) in [6.45, 7) is 6.39. The maximum absolute atomic E-state index is 12.1. The Balaban J connectivity index is 1.84. The Hall–Kier alpha value is -1.63. The lowest BCUT2D eigenvalue weighted by molar-refractivity contribution is 0.0906. The Bertz CT molecular complexity index is 517. The molecular formula is C16H24N2O4. The summed E-state index contributed by atoms with van der Waals surface area (Å²) in [6.07, 6.45) is 0. The monoisotopic (exact) mass is 308 g/mol. The van der Waals surface area contributed by atoms with Gasteiger partial charge in [0.05, 0.1) is 38.6 Å². The molecule has 0 amide bonds. The highest BCUT2D eigenvalue weighted by molar-refractivity contribution is 5.98. The van der Waals surface area contributed by atoms with Crippen molar-refractivity contribution in [3.05, 3.63) is 23.8 Å². The maximum Gasteiger partial charge on any atom is 0.176 e. The number of anilines is 1. The van der Waals surface area contributed by atoms with Gasteiger partial charge in [-0.15, -0.1) is 0 Å². The topological polar surface area (TPSA) is 79.8 Å². The highest BCUT2D eigenvalue weighted by Crippen LogP contribution is 2.33. The summed E-state index contributed by atoms with van der Waals surface area (Å²) < 4.78 is 11.0. The van der Waals surface area contributed by atoms with Crippen LogP contribution < -0.4 is 15.4 Å². The van der Waals surface area contributed by atoms with E-state index in [1.807, 2.05) is 26.0 Å². The van der Waals surface area contributed by atoms with E-state index in [0.717, 1.165) is 11.4 Å². The van der Waals surface area contributed by atoms with Crippen molar-refractivity contribution in [3.63, 3.8) is 0 Å². The minimum atomic E-state index is -0.241. The van der Waals surface area contributed by atoms with E-state index in [-0.39, 0.29) is 24.5 Å². The molecule has 1 aliphatic rings. The number of ether oxygens (including phenoxy) is 2. The number of ketones is 1. The van der Waals surface area contributed by atoms with Gasteiger partial charge >= 0.3 is 0 Å². The van der Waals surface area contributed by atoms with Gasteiger partial charge in [0.25, 0.3) is 0 Å². The molecule has 0 unspecified atom stereocenters. The zero-order chi connectivity index (χ0) is 16.0. The predicted octanol–water partition coefficient (Wildman–Crippen LogP) is 1.05. The van der Waals surface area contributed by atoms with Gasteiger partial charge in [-0.3, -0.25) is 4.79 Å². The second-order valence-electron chi connectivity index (χ2n) is 5.86. The Kier molecular flexibility index (Phi) is 5.76. The standard InChI is InChI=1S/C16H24N2O4/c1-16(2)11-18-13-9-12(3-4-15(13)22-16)14(20)10-17-5-7-21-8-6-19/h3-4,9,17-19H,5-8,10-11H2,1-2H3. The summed E-state index contributed by atoms with van der Waals surface area (Å²) in [6, 6.07) is 5.45. The first-order chi connectivity index (χ1) is 10.5. The van der Waals surface area contributed by atoms with E-state index >= 15 is 0 Å². The van der Waals surface area contributed by atoms with Crippen molar-refractivity contribution in [1.82, 2.24) is 5.32 Å². The first-order valence-electron chi connectivity index (χ1n) is 7.51. The van der Waals surface area contributed by atoms with Gasteiger partial charge in [0.15, 0.2) is 5.78 Å². The van der Waals surface area contributed by atoms with E-state index in [4.69, 9.17) is 14.6 Å². The number of hydrogen-bond acceptors (Lipinski definition) is 6. The van der Waals surface area contributed by atoms with Crippen molar-refractivity contribution in [2.45, 2.75) is 19.4 Å². The summed E-state index contributed by atoms with van der Waals surface area (Å²) >= 11 is 0. The lowest BCUT2D eigenvalue weighted by atomic mass is 10.0. The SMILES string of the molecule is CC1(C)CNc2cc(C(=O)CNCCOCCO)ccc2O1. The van der Waals surface area contributed by atoms with E-state index in [9.17, 15) is 4.79 Å². The third-order valence-corrected chi connectivity index (χ3v) is 3.34. The van der Waals surface area contributed by atoms with Crippen molar-refractivity contribution in [2.24, 2.45) is 0 Å². The van der Waals surface area contributed by atoms with Crippen LogP contribution in [0.1, 0.15) is 24.2 Å². The molecular weight excluding hydrogens is 284 g/mol. The third kappa shape index (κ3) is 4.69. The Morgan fingerprint density at radius 2 is 2.27 bits per heavy atom. The van der Waals surface area contributed by atoms with Gasteiger partial charge in [-0.05, 0) is 32.0 Å². The largest absolute Gasteiger partial charge is 0.484 e. The molecule has 0 aromatic heterocycles. The molecule has 1 aromatic carbocycles. The number of carbonyl (C=O) groups excluding carboxylic acids is 1. The highest BCUT2D eigenvalue weighted by Gasteiger charge is 2.26. The number of aliphatic hydroxyl groups excluding tert-OH is 1. The number of Topliss-reactive ketones (excluding diaryl/α,β-unsaturated/α-hetero) is 1. The van der Waals surface area contributed by atoms with Gasteiger partial charge in [0.2, 0.25) is 0 Å². The molecule has 122 valence electrons. The van der Waals surface area contributed by atoms with Crippen molar-refractivity contribution in [1.29, 1.82) is 0 Å². The second-order valence-corrected chi connectivity index (χ2v) is 5.86. The van der Waals surface area contributed by atoms with Gasteiger partial charge in [0, 0.05) is 12.1 Å². The summed E-state index contributed by atoms with van der Waals surface area (Å²) in [4.78, 5) is 12.1. The van der Waals surface area contributed by atoms with E-state index in [2.05, 4.69) is 10.6 Å². The first-order valence-corrected chi connectivity index (χ1v) is 7.51. The van der Waals surface area contributed by atoms with E-state index in [1.54, 1.807) is 6.07 Å². The van der Waals surface area contributed by atoms with Gasteiger partial charge < -0.3 is 25.2 Å². The van der Waals surface area contributed by atoms with Crippen molar-refractivity contribution in [3.8, 4) is 5.75 Å². The lowest BCUT2D eigenvalue weighted by Gasteiger charge is -2.33. The molecule has 0 aliphatic carbocycles. The number of aliphatic hydroxyl groups is 1. The smallest absolute Gasteiger partial charge is 0.176 e. The summed E-state index contributed by atoms with van der Waals surface area (Å²) in [7, 11) is 0. The molecule has 3 N–H and O–H groups in total. The fourth-order valence-corrected chi connectivity index (χ4v) is 2.19. The minimum Gasteiger partial charge on any atom is -0.484 e. The molecule has 2 rings (SSSR count). The molecule has 0 atom stereocenters. The maximum atomic E-state index is 12.1. The van der Waals surface area contributed by atoms with E-state index in [1.165, 1.54) is 0 Å². The fourth-order valence-electron chi connectivity index (χ4n) is 2.19. The zero-order valence-electron chi connectivity index (χ0n) is 13.1. The number of nitrogens with one attached hydrogen (secondary N) is 2. The highest BCUT2D eigenvalue weighted by atomic mass is 16.5. The first kappa shape index (κ1) is 16.7. The van der Waals surface area contributed by atoms with Gasteiger partial charge in [0.1, 0.15) is 11.4 Å². The van der Waals surface area contributed by atoms with Gasteiger partial charge in [-0.1, -0.05) is 0 Å². The number of fused-ring (bicyclic) bond motifs is 1. The fraction of sp³-hybridized carbons (Fsp3) is 0.562. The van der Waals surface area contributed by atoms with Crippen LogP contribution in [0.2, 0.25) is 0 Å². The van der Waals surface area contributed by atoms with Crippen LogP contribution in [0.5, 0.6) is 5.75 Å². The van der Waals surface area contributed by atoms with Crippen LogP contribution in [-0.2, 0) is 4.74 Å². The molecule has 0 bridgehead atoms. The third-order valence-electron chi connectivity index (χ3n) is 3.34. The quantitative estimate of drug-likeness (QED) is 0.492. The average Bonchev–Trinajstić information content (AvgIpc) is 2.49. The van der Waals surface area contributed by atoms with Gasteiger partial charge in [-0.25, -0.2) is 0 Å². The van der Waals surface area contributed by atoms with Crippen LogP contribution in [0.3, 0.4) is 0 Å². The van der Waals surface area contributed by atoms with Crippen LogP contribution in [0, 0.1) is 0 Å². The molecule has 6 nitrogen and oxygen atoms in total. The van der Waals surface area contributed by atoms with Crippen LogP contribution >= 0.6 is 0 Å². The summed E-state index contributed by atoms with van der Waals surface area (Å²) in [5, 5.41) is 14.9. The molecule has 0 saturated carbocycles. The molecule has 6 heteroatoms. The number of rotatable bonds is 8. The summed E-state index contributed by atoms with van der Waals surface area (Å²) in [5.41, 5.74) is 1.27. The second kappa shape index (κ2) is 7.58. The molecule has 0 spiro atoms. The Morgan fingerprint density at radius 1 is 1.45 bits per heavy atom. The van der Waals surface area contributed by atoms with Crippen LogP contribution in [0.4, 0.5) is 5.69 Å². The predicted molar refractivity (Wildman–Crippen MR) is 84.7 cm³/mol. The Morgan fingerprint density at radius 3 is 3.05 bits per heavy atom. The molecule has 0 saturated heterocycles. The molecule has 1 aliphatic heterocycles. The minimum absolute atomic E-state index is 0.0138. The molecule has 0 fully saturated rings. The van der Waals surface area contributed by atoms with Crippen molar-refractivity contribution >= 4 is 11.5 Å². The van der Waals surface area contributed by atoms with Crippen LogP contribution in [0.25, 0.3) is 0 Å². The van der Waals surface area contributed by atoms with E-state index in [0.29, 0.717) is 31.9 Å². The molecule has 0 radical (unpaired) electrons. The zero-order valence-corrected chi connectivity index (χ0v) is 13.1. The van der Waals surface area contributed by atoms with Crippen molar-refractivity contribution in [2.75, 3.05) is 44.8 Å². The lowest BCUT2D eigenvalue weighted by Crippen LogP contribution is -2.40. The molecule has 1 aromatic rings. The molecule has 22 heavy (non-hydrogen) atoms. The number of carbonyl (C=O) groups is 1. The van der Waals surface area contributed by atoms with Gasteiger partial charge in [-0.2, -0.15) is 0 Å². The Labute approximate surface area is 130 Å². The number of hydrogen-bond donors (Lipinski definition) is 3. The normalized spacial score (nSPS) is 15.6. The average molecular weight is 308 g/mol. The molecule has 1 heterocycles. The van der Waals surface area contributed by atoms with E-state index < -0.39 is 0 Å². The van der Waals surface area contributed by atoms with Crippen LogP contribution in [0.15, 0.2) is 18.2 Å². The summed E-state index contributed by atoms with van der Waals surface area (Å²) in [5.74, 6) is 0.801. The number of benzene rings is 1.